The average Bonchev–Trinajstić information content (AvgIpc) is 2.96. The second-order valence-electron chi connectivity index (χ2n) is 8.91. The van der Waals surface area contributed by atoms with Crippen LogP contribution < -0.4 is 16.1 Å². The second kappa shape index (κ2) is 13.9. The highest BCUT2D eigenvalue weighted by Crippen LogP contribution is 2.14. The van der Waals surface area contributed by atoms with E-state index < -0.39 is 18.2 Å². The van der Waals surface area contributed by atoms with E-state index in [-0.39, 0.29) is 11.8 Å². The van der Waals surface area contributed by atoms with Crippen LogP contribution >= 0.6 is 0 Å². The molecule has 3 N–H and O–H groups in total. The number of hydrogen-bond acceptors (Lipinski definition) is 5. The Bertz CT molecular complexity index is 1220. The predicted molar refractivity (Wildman–Crippen MR) is 145 cm³/mol. The van der Waals surface area contributed by atoms with Gasteiger partial charge in [-0.05, 0) is 54.3 Å². The molecular formula is C30H31N3O5. The first-order valence-corrected chi connectivity index (χ1v) is 12.6. The summed E-state index contributed by atoms with van der Waals surface area (Å²) in [5.41, 5.74) is 5.08. The number of ether oxygens (including phenoxy) is 1. The quantitative estimate of drug-likeness (QED) is 0.278. The standard InChI is InChI=1S/C30H31N3O5/c34-27(19-14-22-9-3-1-4-10-22)32-26(21-23-11-5-2-6-12-23)30(36)31-25-17-15-24(16-18-25)29(35)33-38-28-13-7-8-20-37-28/h1-6,9-12,14-19,26,28H,7-8,13,20-21H2,(H,31,36)(H,32,34)(H,33,35)/b19-14-. The number of nitrogens with one attached hydrogen (secondary N) is 3. The molecule has 3 aromatic carbocycles. The van der Waals surface area contributed by atoms with Crippen molar-refractivity contribution < 1.29 is 24.0 Å². The van der Waals surface area contributed by atoms with Crippen LogP contribution in [0.3, 0.4) is 0 Å². The van der Waals surface area contributed by atoms with E-state index in [1.807, 2.05) is 60.7 Å². The zero-order valence-corrected chi connectivity index (χ0v) is 21.0. The van der Waals surface area contributed by atoms with E-state index in [0.717, 1.165) is 30.4 Å². The highest BCUT2D eigenvalue weighted by atomic mass is 16.8. The molecule has 0 radical (unpaired) electrons. The molecule has 0 bridgehead atoms. The van der Waals surface area contributed by atoms with Crippen molar-refractivity contribution in [2.45, 2.75) is 38.0 Å². The maximum absolute atomic E-state index is 13.2. The van der Waals surface area contributed by atoms with Gasteiger partial charge in [-0.3, -0.25) is 14.4 Å². The monoisotopic (exact) mass is 513 g/mol. The molecule has 0 saturated carbocycles. The summed E-state index contributed by atoms with van der Waals surface area (Å²) in [7, 11) is 0. The van der Waals surface area contributed by atoms with Gasteiger partial charge in [-0.25, -0.2) is 10.3 Å². The van der Waals surface area contributed by atoms with E-state index in [4.69, 9.17) is 9.57 Å². The van der Waals surface area contributed by atoms with Crippen molar-refractivity contribution >= 4 is 29.5 Å². The molecule has 38 heavy (non-hydrogen) atoms. The van der Waals surface area contributed by atoms with Crippen LogP contribution in [0.5, 0.6) is 0 Å². The molecule has 0 aromatic heterocycles. The average molecular weight is 514 g/mol. The fourth-order valence-corrected chi connectivity index (χ4v) is 3.93. The molecule has 4 rings (SSSR count). The molecule has 1 fully saturated rings. The third kappa shape index (κ3) is 8.40. The molecule has 196 valence electrons. The fourth-order valence-electron chi connectivity index (χ4n) is 3.93. The van der Waals surface area contributed by atoms with Crippen LogP contribution in [-0.4, -0.2) is 36.7 Å². The van der Waals surface area contributed by atoms with Crippen molar-refractivity contribution in [3.05, 3.63) is 108 Å². The largest absolute Gasteiger partial charge is 0.350 e. The molecule has 3 amide bonds. The zero-order chi connectivity index (χ0) is 26.6. The maximum atomic E-state index is 13.2. The normalized spacial score (nSPS) is 15.9. The number of amides is 3. The molecule has 0 aliphatic carbocycles. The number of carbonyl (C=O) groups is 3. The Morgan fingerprint density at radius 2 is 1.63 bits per heavy atom. The van der Waals surface area contributed by atoms with E-state index in [1.54, 1.807) is 30.3 Å². The lowest BCUT2D eigenvalue weighted by Crippen LogP contribution is -2.44. The number of hydroxylamine groups is 1. The Balaban J connectivity index is 1.36. The molecule has 3 aromatic rings. The summed E-state index contributed by atoms with van der Waals surface area (Å²) >= 11 is 0. The van der Waals surface area contributed by atoms with Crippen LogP contribution in [0.4, 0.5) is 5.69 Å². The third-order valence-corrected chi connectivity index (χ3v) is 5.98. The number of rotatable bonds is 10. The summed E-state index contributed by atoms with van der Waals surface area (Å²) in [5, 5.41) is 5.63. The Labute approximate surface area is 222 Å². The van der Waals surface area contributed by atoms with Gasteiger partial charge in [0.2, 0.25) is 11.8 Å². The van der Waals surface area contributed by atoms with Crippen LogP contribution in [0.1, 0.15) is 40.7 Å². The smallest absolute Gasteiger partial charge is 0.274 e. The maximum Gasteiger partial charge on any atom is 0.274 e. The Hall–Kier alpha value is -4.27. The lowest BCUT2D eigenvalue weighted by Gasteiger charge is -2.22. The lowest BCUT2D eigenvalue weighted by atomic mass is 10.0. The van der Waals surface area contributed by atoms with Crippen molar-refractivity contribution in [3.63, 3.8) is 0 Å². The minimum Gasteiger partial charge on any atom is -0.350 e. The van der Waals surface area contributed by atoms with E-state index >= 15 is 0 Å². The molecule has 1 aliphatic rings. The Morgan fingerprint density at radius 1 is 0.921 bits per heavy atom. The number of benzene rings is 3. The molecule has 1 aliphatic heterocycles. The summed E-state index contributed by atoms with van der Waals surface area (Å²) in [6.45, 7) is 0.615. The molecular weight excluding hydrogens is 482 g/mol. The molecule has 0 spiro atoms. The van der Waals surface area contributed by atoms with Gasteiger partial charge in [0, 0.05) is 36.8 Å². The van der Waals surface area contributed by atoms with Crippen LogP contribution in [0.15, 0.2) is 91.0 Å². The van der Waals surface area contributed by atoms with Gasteiger partial charge in [-0.1, -0.05) is 60.7 Å². The molecule has 2 atom stereocenters. The summed E-state index contributed by atoms with van der Waals surface area (Å²) < 4.78 is 5.44. The second-order valence-corrected chi connectivity index (χ2v) is 8.91. The topological polar surface area (TPSA) is 106 Å². The minimum absolute atomic E-state index is 0.318. The van der Waals surface area contributed by atoms with E-state index in [0.29, 0.717) is 24.3 Å². The van der Waals surface area contributed by atoms with Crippen LogP contribution in [-0.2, 0) is 25.6 Å². The lowest BCUT2D eigenvalue weighted by molar-refractivity contribution is -0.186. The van der Waals surface area contributed by atoms with Crippen molar-refractivity contribution in [1.29, 1.82) is 0 Å². The van der Waals surface area contributed by atoms with E-state index in [2.05, 4.69) is 16.1 Å². The van der Waals surface area contributed by atoms with Crippen molar-refractivity contribution in [2.75, 3.05) is 11.9 Å². The van der Waals surface area contributed by atoms with Gasteiger partial charge >= 0.3 is 0 Å². The van der Waals surface area contributed by atoms with Crippen LogP contribution in [0.2, 0.25) is 0 Å². The van der Waals surface area contributed by atoms with Gasteiger partial charge in [0.25, 0.3) is 5.91 Å². The highest BCUT2D eigenvalue weighted by Gasteiger charge is 2.21. The van der Waals surface area contributed by atoms with E-state index in [9.17, 15) is 14.4 Å². The molecule has 8 nitrogen and oxygen atoms in total. The summed E-state index contributed by atoms with van der Waals surface area (Å²) in [6.07, 6.45) is 5.69. The number of anilines is 1. The van der Waals surface area contributed by atoms with Gasteiger partial charge in [0.05, 0.1) is 0 Å². The van der Waals surface area contributed by atoms with Gasteiger partial charge in [0.15, 0.2) is 6.29 Å². The van der Waals surface area contributed by atoms with E-state index in [1.165, 1.54) is 6.08 Å². The number of hydrogen-bond donors (Lipinski definition) is 3. The zero-order valence-electron chi connectivity index (χ0n) is 21.0. The van der Waals surface area contributed by atoms with Crippen LogP contribution in [0.25, 0.3) is 6.08 Å². The van der Waals surface area contributed by atoms with Crippen molar-refractivity contribution in [1.82, 2.24) is 10.8 Å². The Kier molecular flexibility index (Phi) is 9.78. The Morgan fingerprint density at radius 3 is 2.32 bits per heavy atom. The molecule has 1 heterocycles. The van der Waals surface area contributed by atoms with Gasteiger partial charge in [-0.15, -0.1) is 0 Å². The van der Waals surface area contributed by atoms with Gasteiger partial charge in [0.1, 0.15) is 6.04 Å². The summed E-state index contributed by atoms with van der Waals surface area (Å²) in [4.78, 5) is 43.5. The first kappa shape index (κ1) is 26.8. The van der Waals surface area contributed by atoms with Crippen molar-refractivity contribution in [3.8, 4) is 0 Å². The molecule has 2 unspecified atom stereocenters. The van der Waals surface area contributed by atoms with Gasteiger partial charge < -0.3 is 15.4 Å². The van der Waals surface area contributed by atoms with Crippen molar-refractivity contribution in [2.24, 2.45) is 0 Å². The highest BCUT2D eigenvalue weighted by molar-refractivity contribution is 6.00. The fraction of sp³-hybridized carbons (Fsp3) is 0.233. The third-order valence-electron chi connectivity index (χ3n) is 5.98. The van der Waals surface area contributed by atoms with Gasteiger partial charge in [-0.2, -0.15) is 0 Å². The number of carbonyl (C=O) groups excluding carboxylic acids is 3. The predicted octanol–water partition coefficient (Wildman–Crippen LogP) is 4.25. The summed E-state index contributed by atoms with van der Waals surface area (Å²) in [6, 6.07) is 24.5. The molecule has 1 saturated heterocycles. The first-order chi connectivity index (χ1) is 18.6. The minimum atomic E-state index is -0.808. The molecule has 8 heteroatoms. The SMILES string of the molecule is O=C(/C=C\c1ccccc1)NC(Cc1ccccc1)C(=O)Nc1ccc(C(=O)NOC2CCCCO2)cc1. The summed E-state index contributed by atoms with van der Waals surface area (Å²) in [5.74, 6) is -1.15. The first-order valence-electron chi connectivity index (χ1n) is 12.6. The van der Waals surface area contributed by atoms with Crippen LogP contribution in [0, 0.1) is 0 Å².